The number of nitrogens with one attached hydrogen (secondary N) is 2. The average Bonchev–Trinajstić information content (AvgIpc) is 2.77. The number of aryl methyl sites for hydroxylation is 1. The molecule has 0 aliphatic rings. The Morgan fingerprint density at radius 3 is 2.95 bits per heavy atom. The number of aromatic amines is 1. The zero-order valence-corrected chi connectivity index (χ0v) is 11.0. The summed E-state index contributed by atoms with van der Waals surface area (Å²) in [5, 5.41) is 6.69. The number of aromatic nitrogens is 2. The summed E-state index contributed by atoms with van der Waals surface area (Å²) in [6, 6.07) is 5.47. The lowest BCUT2D eigenvalue weighted by molar-refractivity contribution is -0.120. The second-order valence-corrected chi connectivity index (χ2v) is 4.49. The summed E-state index contributed by atoms with van der Waals surface area (Å²) in [6.07, 6.45) is 0.210. The van der Waals surface area contributed by atoms with Crippen LogP contribution in [0.5, 0.6) is 0 Å². The number of halogens is 1. The Morgan fingerprint density at radius 1 is 1.53 bits per heavy atom. The molecule has 0 saturated heterocycles. The van der Waals surface area contributed by atoms with Crippen LogP contribution in [-0.4, -0.2) is 16.0 Å². The van der Waals surface area contributed by atoms with Gasteiger partial charge in [0.2, 0.25) is 5.91 Å². The fraction of sp³-hybridized carbons (Fsp3) is 0.250. The van der Waals surface area contributed by atoms with Crippen molar-refractivity contribution in [2.45, 2.75) is 19.9 Å². The number of hydrogen-bond acceptors (Lipinski definition) is 4. The van der Waals surface area contributed by atoms with Gasteiger partial charge in [-0.3, -0.25) is 14.3 Å². The molecule has 19 heavy (non-hydrogen) atoms. The average molecular weight is 282 g/mol. The molecule has 1 amide bonds. The molecule has 2 aromatic rings. The van der Waals surface area contributed by atoms with E-state index >= 15 is 0 Å². The number of H-pyrrole nitrogens is 1. The molecule has 1 aromatic heterocycles. The maximum Gasteiger partial charge on any atom is 0.438 e. The summed E-state index contributed by atoms with van der Waals surface area (Å²) in [5.74, 6) is -0.557. The summed E-state index contributed by atoms with van der Waals surface area (Å²) in [7, 11) is 0. The van der Waals surface area contributed by atoms with Crippen molar-refractivity contribution < 1.29 is 9.32 Å². The molecule has 2 rings (SSSR count). The molecular weight excluding hydrogens is 270 g/mol. The maximum atomic E-state index is 11.7. The van der Waals surface area contributed by atoms with Crippen molar-refractivity contribution in [1.82, 2.24) is 15.5 Å². The highest BCUT2D eigenvalue weighted by Crippen LogP contribution is 2.16. The number of carbonyl (C=O) groups excluding carboxylic acids is 1. The maximum absolute atomic E-state index is 11.7. The van der Waals surface area contributed by atoms with Crippen LogP contribution in [-0.2, 0) is 17.8 Å². The summed E-state index contributed by atoms with van der Waals surface area (Å²) in [6.45, 7) is 2.01. The Morgan fingerprint density at radius 2 is 2.32 bits per heavy atom. The second kappa shape index (κ2) is 5.71. The molecule has 0 unspecified atom stereocenters. The van der Waals surface area contributed by atoms with Crippen molar-refractivity contribution in [1.29, 1.82) is 0 Å². The minimum Gasteiger partial charge on any atom is -0.348 e. The number of nitrogens with zero attached hydrogens (tertiary/aromatic N) is 1. The van der Waals surface area contributed by atoms with Gasteiger partial charge in [-0.15, -0.1) is 0 Å². The van der Waals surface area contributed by atoms with E-state index in [1.165, 1.54) is 0 Å². The van der Waals surface area contributed by atoms with Gasteiger partial charge in [-0.05, 0) is 24.1 Å². The van der Waals surface area contributed by atoms with Gasteiger partial charge in [0.15, 0.2) is 5.82 Å². The first-order chi connectivity index (χ1) is 9.04. The fourth-order valence-electron chi connectivity index (χ4n) is 1.51. The van der Waals surface area contributed by atoms with Gasteiger partial charge < -0.3 is 5.32 Å². The topological polar surface area (TPSA) is 88.0 Å². The van der Waals surface area contributed by atoms with Crippen LogP contribution in [0, 0.1) is 6.92 Å². The second-order valence-electron chi connectivity index (χ2n) is 4.08. The third-order valence-electron chi connectivity index (χ3n) is 2.54. The van der Waals surface area contributed by atoms with Crippen LogP contribution in [0.3, 0.4) is 0 Å². The van der Waals surface area contributed by atoms with Gasteiger partial charge in [0, 0.05) is 5.02 Å². The van der Waals surface area contributed by atoms with Crippen LogP contribution in [0.4, 0.5) is 0 Å². The van der Waals surface area contributed by atoms with E-state index in [0.717, 1.165) is 11.1 Å². The van der Waals surface area contributed by atoms with Crippen molar-refractivity contribution in [3.05, 3.63) is 50.7 Å². The van der Waals surface area contributed by atoms with E-state index < -0.39 is 5.76 Å². The molecule has 0 aliphatic carbocycles. The lowest BCUT2D eigenvalue weighted by atomic mass is 10.1. The van der Waals surface area contributed by atoms with Gasteiger partial charge in [-0.25, -0.2) is 4.79 Å². The molecule has 0 fully saturated rings. The van der Waals surface area contributed by atoms with Gasteiger partial charge in [0.25, 0.3) is 0 Å². The van der Waals surface area contributed by atoms with Crippen molar-refractivity contribution in [3.8, 4) is 0 Å². The fourth-order valence-corrected chi connectivity index (χ4v) is 1.72. The minimum atomic E-state index is -0.644. The molecule has 0 saturated carbocycles. The summed E-state index contributed by atoms with van der Waals surface area (Å²) in [4.78, 5) is 24.7. The van der Waals surface area contributed by atoms with E-state index in [0.29, 0.717) is 5.02 Å². The molecule has 1 heterocycles. The molecule has 1 aromatic carbocycles. The third-order valence-corrected chi connectivity index (χ3v) is 2.95. The summed E-state index contributed by atoms with van der Waals surface area (Å²) in [5.41, 5.74) is 1.78. The number of amides is 1. The van der Waals surface area contributed by atoms with Gasteiger partial charge >= 0.3 is 5.76 Å². The van der Waals surface area contributed by atoms with Crippen LogP contribution < -0.4 is 11.1 Å². The molecular formula is C12H12ClN3O3. The third kappa shape index (κ3) is 3.69. The first-order valence-electron chi connectivity index (χ1n) is 5.61. The molecule has 0 bridgehead atoms. The van der Waals surface area contributed by atoms with Crippen molar-refractivity contribution in [2.24, 2.45) is 0 Å². The van der Waals surface area contributed by atoms with Gasteiger partial charge in [0.05, 0.1) is 13.0 Å². The molecule has 100 valence electrons. The lowest BCUT2D eigenvalue weighted by Crippen LogP contribution is -2.25. The molecule has 7 heteroatoms. The first kappa shape index (κ1) is 13.4. The van der Waals surface area contributed by atoms with E-state index in [9.17, 15) is 9.59 Å². The standard InChI is InChI=1S/C12H12ClN3O3/c1-7-2-3-8(4-9(7)13)5-11(17)14-6-10-15-12(18)19-16-10/h2-4H,5-6H2,1H3,(H,14,17)(H,15,16,18). The lowest BCUT2D eigenvalue weighted by Gasteiger charge is -2.04. The van der Waals surface area contributed by atoms with E-state index in [-0.39, 0.29) is 24.7 Å². The Labute approximate surface area is 113 Å². The Kier molecular flexibility index (Phi) is 4.01. The predicted octanol–water partition coefficient (Wildman–Crippen LogP) is 1.18. The number of benzene rings is 1. The minimum absolute atomic E-state index is 0.115. The van der Waals surface area contributed by atoms with Gasteiger partial charge in [-0.1, -0.05) is 28.9 Å². The molecule has 0 radical (unpaired) electrons. The molecule has 6 nitrogen and oxygen atoms in total. The smallest absolute Gasteiger partial charge is 0.348 e. The summed E-state index contributed by atoms with van der Waals surface area (Å²) < 4.78 is 4.31. The molecule has 0 spiro atoms. The molecule has 2 N–H and O–H groups in total. The van der Waals surface area contributed by atoms with E-state index in [1.54, 1.807) is 6.07 Å². The zero-order valence-electron chi connectivity index (χ0n) is 10.2. The number of carbonyl (C=O) groups is 1. The monoisotopic (exact) mass is 281 g/mol. The largest absolute Gasteiger partial charge is 0.438 e. The molecule has 0 atom stereocenters. The Bertz CT molecular complexity index is 648. The van der Waals surface area contributed by atoms with E-state index in [2.05, 4.69) is 20.0 Å². The SMILES string of the molecule is Cc1ccc(CC(=O)NCc2noc(=O)[nH]2)cc1Cl. The van der Waals surface area contributed by atoms with Crippen molar-refractivity contribution in [2.75, 3.05) is 0 Å². The van der Waals surface area contributed by atoms with Crippen molar-refractivity contribution in [3.63, 3.8) is 0 Å². The van der Waals surface area contributed by atoms with E-state index in [4.69, 9.17) is 11.6 Å². The van der Waals surface area contributed by atoms with Crippen LogP contribution in [0.25, 0.3) is 0 Å². The highest BCUT2D eigenvalue weighted by atomic mass is 35.5. The molecule has 0 aliphatic heterocycles. The van der Waals surface area contributed by atoms with Crippen molar-refractivity contribution >= 4 is 17.5 Å². The summed E-state index contributed by atoms with van der Waals surface area (Å²) >= 11 is 5.98. The van der Waals surface area contributed by atoms with Crippen LogP contribution in [0.2, 0.25) is 5.02 Å². The van der Waals surface area contributed by atoms with Crippen LogP contribution in [0.15, 0.2) is 27.5 Å². The predicted molar refractivity (Wildman–Crippen MR) is 68.9 cm³/mol. The van der Waals surface area contributed by atoms with Gasteiger partial charge in [0.1, 0.15) is 0 Å². The first-order valence-corrected chi connectivity index (χ1v) is 5.99. The quantitative estimate of drug-likeness (QED) is 0.881. The Balaban J connectivity index is 1.90. The van der Waals surface area contributed by atoms with Crippen LogP contribution >= 0.6 is 11.6 Å². The normalized spacial score (nSPS) is 10.4. The van der Waals surface area contributed by atoms with Gasteiger partial charge in [-0.2, -0.15) is 0 Å². The Hall–Kier alpha value is -2.08. The zero-order chi connectivity index (χ0) is 13.8. The highest BCUT2D eigenvalue weighted by Gasteiger charge is 2.07. The van der Waals surface area contributed by atoms with Crippen LogP contribution in [0.1, 0.15) is 17.0 Å². The highest BCUT2D eigenvalue weighted by molar-refractivity contribution is 6.31. The number of rotatable bonds is 4. The number of hydrogen-bond donors (Lipinski definition) is 2. The van der Waals surface area contributed by atoms with E-state index in [1.807, 2.05) is 19.1 Å².